The van der Waals surface area contributed by atoms with Gasteiger partial charge in [-0.25, -0.2) is 0 Å². The Kier molecular flexibility index (Phi) is 4.18. The van der Waals surface area contributed by atoms with E-state index >= 15 is 0 Å². The van der Waals surface area contributed by atoms with Gasteiger partial charge in [-0.05, 0) is 13.8 Å². The molecular weight excluding hydrogens is 255 g/mol. The summed E-state index contributed by atoms with van der Waals surface area (Å²) in [6, 6.07) is -1.54. The number of carboxylic acids is 1. The Labute approximate surface area is 125 Å². The van der Waals surface area contributed by atoms with Crippen LogP contribution >= 0.6 is 11.8 Å². The minimum Gasteiger partial charge on any atom is -0.548 e. The summed E-state index contributed by atoms with van der Waals surface area (Å²) in [5, 5.41) is 13.1. The number of nitrogens with one attached hydrogen (secondary N) is 1. The van der Waals surface area contributed by atoms with Gasteiger partial charge in [-0.2, -0.15) is 0 Å². The van der Waals surface area contributed by atoms with Crippen LogP contribution in [0.25, 0.3) is 0 Å². The molecule has 1 N–H and O–H groups in total. The third-order valence-corrected chi connectivity index (χ3v) is 4.48. The number of rotatable bonds is 3. The van der Waals surface area contributed by atoms with E-state index in [1.54, 1.807) is 13.8 Å². The van der Waals surface area contributed by atoms with Crippen molar-refractivity contribution in [1.29, 1.82) is 0 Å². The van der Waals surface area contributed by atoms with Crippen molar-refractivity contribution in [3.63, 3.8) is 0 Å². The van der Waals surface area contributed by atoms with E-state index in [0.29, 0.717) is 6.41 Å². The first-order valence-electron chi connectivity index (χ1n) is 4.80. The molecule has 6 nitrogen and oxygen atoms in total. The molecule has 0 unspecified atom stereocenters. The van der Waals surface area contributed by atoms with Crippen molar-refractivity contribution in [1.82, 2.24) is 10.2 Å². The quantitative estimate of drug-likeness (QED) is 0.314. The number of aliphatic carboxylic acids is 1. The number of carbonyl (C=O) groups excluding carboxylic acids is 3. The van der Waals surface area contributed by atoms with Gasteiger partial charge in [-0.1, -0.05) is 0 Å². The molecule has 0 saturated carbocycles. The van der Waals surface area contributed by atoms with Gasteiger partial charge in [0.1, 0.15) is 11.4 Å². The molecule has 0 aromatic heterocycles. The van der Waals surface area contributed by atoms with E-state index in [1.807, 2.05) is 0 Å². The van der Waals surface area contributed by atoms with Crippen molar-refractivity contribution in [3.8, 4) is 0 Å². The van der Waals surface area contributed by atoms with Gasteiger partial charge in [0, 0.05) is 4.75 Å². The van der Waals surface area contributed by atoms with Gasteiger partial charge in [-0.15, -0.1) is 11.8 Å². The topological polar surface area (TPSA) is 89.5 Å². The van der Waals surface area contributed by atoms with Crippen LogP contribution in [0.5, 0.6) is 0 Å². The second-order valence-corrected chi connectivity index (χ2v) is 6.11. The number of nitrogens with zero attached hydrogens (tertiary/aromatic N) is 1. The van der Waals surface area contributed by atoms with Crippen molar-refractivity contribution in [3.05, 3.63) is 0 Å². The van der Waals surface area contributed by atoms with Gasteiger partial charge in [0.05, 0.1) is 12.0 Å². The number of carbonyl (C=O) groups is 3. The third kappa shape index (κ3) is 2.09. The summed E-state index contributed by atoms with van der Waals surface area (Å²) in [6.45, 7) is 3.50. The summed E-state index contributed by atoms with van der Waals surface area (Å²) >= 11 is 1.37. The van der Waals surface area contributed by atoms with Gasteiger partial charge in [-0.3, -0.25) is 9.59 Å². The van der Waals surface area contributed by atoms with Gasteiger partial charge in [0.15, 0.2) is 0 Å². The molecule has 17 heavy (non-hydrogen) atoms. The fourth-order valence-electron chi connectivity index (χ4n) is 2.22. The molecule has 0 bridgehead atoms. The number of thioether (sulfide) groups is 1. The number of carboxylic acid groups (broad SMARTS) is 1. The molecule has 2 heterocycles. The number of β-lactam (4-membered cyclic amide) rings is 1. The zero-order valence-electron chi connectivity index (χ0n) is 9.80. The number of amides is 2. The van der Waals surface area contributed by atoms with Crippen molar-refractivity contribution in [2.75, 3.05) is 0 Å². The van der Waals surface area contributed by atoms with E-state index in [9.17, 15) is 19.5 Å². The Morgan fingerprint density at radius 3 is 2.65 bits per heavy atom. The van der Waals surface area contributed by atoms with Gasteiger partial charge >= 0.3 is 29.6 Å². The maximum Gasteiger partial charge on any atom is 1.00 e. The first-order chi connectivity index (χ1) is 7.40. The predicted molar refractivity (Wildman–Crippen MR) is 54.1 cm³/mol. The average Bonchev–Trinajstić information content (AvgIpc) is 2.43. The summed E-state index contributed by atoms with van der Waals surface area (Å²) in [5.74, 6) is -1.61. The van der Waals surface area contributed by atoms with Gasteiger partial charge < -0.3 is 20.1 Å². The van der Waals surface area contributed by atoms with E-state index in [1.165, 1.54) is 16.7 Å². The summed E-state index contributed by atoms with van der Waals surface area (Å²) in [6.07, 6.45) is 0.458. The van der Waals surface area contributed by atoms with E-state index in [2.05, 4.69) is 5.32 Å². The Hall–Kier alpha value is -0.240. The van der Waals surface area contributed by atoms with Crippen LogP contribution in [-0.4, -0.2) is 45.4 Å². The molecule has 2 saturated heterocycles. The standard InChI is InChI=1S/C9H12N2O4S.Na/c1-9(2)5(8(14)15)11-6(13)4(10-3-12)7(11)16-9;/h3-5,7H,1-2H3,(H,10,12)(H,14,15);/q;+1/p-1/t4-,5+,7-;/m1./s1. The summed E-state index contributed by atoms with van der Waals surface area (Å²) < 4.78 is -0.599. The zero-order valence-corrected chi connectivity index (χ0v) is 12.6. The molecule has 0 radical (unpaired) electrons. The summed E-state index contributed by atoms with van der Waals surface area (Å²) in [7, 11) is 0. The average molecular weight is 266 g/mol. The maximum absolute atomic E-state index is 11.6. The van der Waals surface area contributed by atoms with E-state index < -0.39 is 22.8 Å². The molecule has 2 fully saturated rings. The third-order valence-electron chi connectivity index (χ3n) is 2.91. The predicted octanol–water partition coefficient (Wildman–Crippen LogP) is -5.08. The molecular formula is C9H11N2NaO4S. The summed E-state index contributed by atoms with van der Waals surface area (Å²) in [5.41, 5.74) is 0. The van der Waals surface area contributed by atoms with Crippen LogP contribution in [0.2, 0.25) is 0 Å². The van der Waals surface area contributed by atoms with Crippen LogP contribution in [0.4, 0.5) is 0 Å². The molecule has 0 aromatic carbocycles. The van der Waals surface area contributed by atoms with Crippen molar-refractivity contribution >= 4 is 30.0 Å². The Bertz CT molecular complexity index is 376. The molecule has 0 aromatic rings. The van der Waals surface area contributed by atoms with Gasteiger partial charge in [0.25, 0.3) is 0 Å². The molecule has 8 heteroatoms. The molecule has 88 valence electrons. The molecule has 3 atom stereocenters. The molecule has 0 spiro atoms. The first kappa shape index (κ1) is 14.8. The molecule has 2 amide bonds. The maximum atomic E-state index is 11.6. The van der Waals surface area contributed by atoms with Crippen LogP contribution in [0.1, 0.15) is 13.8 Å². The van der Waals surface area contributed by atoms with E-state index in [-0.39, 0.29) is 40.8 Å². The monoisotopic (exact) mass is 266 g/mol. The molecule has 0 aliphatic carbocycles. The number of hydrogen-bond acceptors (Lipinski definition) is 5. The fraction of sp³-hybridized carbons (Fsp3) is 0.667. The first-order valence-corrected chi connectivity index (χ1v) is 5.68. The second-order valence-electron chi connectivity index (χ2n) is 4.34. The van der Waals surface area contributed by atoms with E-state index in [0.717, 1.165) is 0 Å². The Balaban J connectivity index is 0.00000144. The van der Waals surface area contributed by atoms with Crippen LogP contribution < -0.4 is 40.0 Å². The zero-order chi connectivity index (χ0) is 12.1. The number of fused-ring (bicyclic) bond motifs is 1. The second kappa shape index (κ2) is 4.79. The molecule has 2 rings (SSSR count). The van der Waals surface area contributed by atoms with Crippen molar-refractivity contribution < 1.29 is 49.0 Å². The van der Waals surface area contributed by atoms with Crippen LogP contribution in [-0.2, 0) is 14.4 Å². The van der Waals surface area contributed by atoms with Crippen LogP contribution in [0, 0.1) is 0 Å². The van der Waals surface area contributed by atoms with Crippen molar-refractivity contribution in [2.45, 2.75) is 36.1 Å². The largest absolute Gasteiger partial charge is 1.00 e. The Morgan fingerprint density at radius 2 is 2.18 bits per heavy atom. The molecule has 2 aliphatic heterocycles. The van der Waals surface area contributed by atoms with Crippen molar-refractivity contribution in [2.24, 2.45) is 0 Å². The smallest absolute Gasteiger partial charge is 0.548 e. The summed E-state index contributed by atoms with van der Waals surface area (Å²) in [4.78, 5) is 34.2. The minimum atomic E-state index is -1.25. The Morgan fingerprint density at radius 1 is 1.59 bits per heavy atom. The fourth-order valence-corrected chi connectivity index (χ4v) is 3.85. The van der Waals surface area contributed by atoms with E-state index in [4.69, 9.17) is 0 Å². The minimum absolute atomic E-state index is 0. The normalized spacial score (nSPS) is 33.2. The number of hydrogen-bond donors (Lipinski definition) is 1. The van der Waals surface area contributed by atoms with Crippen LogP contribution in [0.15, 0.2) is 0 Å². The van der Waals surface area contributed by atoms with Crippen LogP contribution in [0.3, 0.4) is 0 Å². The van der Waals surface area contributed by atoms with Gasteiger partial charge in [0.2, 0.25) is 12.3 Å². The SMILES string of the molecule is CC1(C)S[C@@H]2[C@H](NC=O)C(=O)N2[C@H]1C(=O)[O-].[Na+]. The molecule has 2 aliphatic rings.